The van der Waals surface area contributed by atoms with Crippen molar-refractivity contribution in [3.8, 4) is 22.6 Å². The highest BCUT2D eigenvalue weighted by Gasteiger charge is 2.30. The molecule has 0 unspecified atom stereocenters. The van der Waals surface area contributed by atoms with Gasteiger partial charge in [-0.05, 0) is 47.4 Å². The Morgan fingerprint density at radius 3 is 2.65 bits per heavy atom. The van der Waals surface area contributed by atoms with Crippen LogP contribution in [-0.2, 0) is 19.4 Å². The van der Waals surface area contributed by atoms with E-state index in [4.69, 9.17) is 5.73 Å². The Hall–Kier alpha value is -4.17. The molecule has 0 atom stereocenters. The van der Waals surface area contributed by atoms with Crippen LogP contribution in [0.25, 0.3) is 28.1 Å². The Bertz CT molecular complexity index is 1690. The number of nitrogens with two attached hydrogens (primary N) is 1. The van der Waals surface area contributed by atoms with Crippen molar-refractivity contribution in [2.45, 2.75) is 32.7 Å². The largest absolute Gasteiger partial charge is 0.399 e. The first-order valence-electron chi connectivity index (χ1n) is 12.8. The second kappa shape index (κ2) is 8.74. The first kappa shape index (κ1) is 22.1. The first-order chi connectivity index (χ1) is 18.2. The number of nitrogens with zero attached hydrogens (tertiary/aromatic N) is 6. The zero-order valence-corrected chi connectivity index (χ0v) is 21.5. The van der Waals surface area contributed by atoms with Crippen LogP contribution in [0.3, 0.4) is 0 Å². The third-order valence-electron chi connectivity index (χ3n) is 7.25. The number of rotatable bonds is 5. The maximum absolute atomic E-state index is 6.04. The van der Waals surface area contributed by atoms with E-state index in [2.05, 4.69) is 90.5 Å². The third-order valence-corrected chi connectivity index (χ3v) is 8.34. The Labute approximate surface area is 219 Å². The van der Waals surface area contributed by atoms with Gasteiger partial charge in [0.2, 0.25) is 11.6 Å². The predicted molar refractivity (Wildman–Crippen MR) is 148 cm³/mol. The highest BCUT2D eigenvalue weighted by molar-refractivity contribution is 6.96. The lowest BCUT2D eigenvalue weighted by Gasteiger charge is -2.26. The summed E-state index contributed by atoms with van der Waals surface area (Å²) in [4.78, 5) is 2.49. The number of aromatic nitrogens is 5. The molecule has 5 heterocycles. The second-order valence-corrected chi connectivity index (χ2v) is 10.6. The molecular formula is C29H28N7S+. The zero-order valence-electron chi connectivity index (χ0n) is 20.7. The molecule has 3 aliphatic heterocycles. The van der Waals surface area contributed by atoms with Crippen LogP contribution in [0, 0.1) is 0 Å². The number of fused-ring (bicyclic) bond motifs is 3. The van der Waals surface area contributed by atoms with Gasteiger partial charge >= 0.3 is 0 Å². The van der Waals surface area contributed by atoms with Crippen molar-refractivity contribution in [1.82, 2.24) is 18.8 Å². The molecular weight excluding hydrogens is 478 g/mol. The van der Waals surface area contributed by atoms with Crippen molar-refractivity contribution in [3.63, 3.8) is 0 Å². The van der Waals surface area contributed by atoms with E-state index in [9.17, 15) is 0 Å². The standard InChI is InChI=1S/C29H27N7S/c1-2-5-24-19-34(32-31-24)28-15-13-26-29(21-8-10-23(30)11-9-21)25-12-14-27(35(25)37-36(26)28)33-17-16-20-6-3-4-7-22(20)18-33/h3-4,6-15,19,30H,2,5,16-18H2,1H3/p+1. The van der Waals surface area contributed by atoms with Crippen molar-refractivity contribution in [1.29, 1.82) is 0 Å². The molecule has 8 heteroatoms. The number of nitrogen functional groups attached to an aromatic ring is 1. The summed E-state index contributed by atoms with van der Waals surface area (Å²) < 4.78 is 6.53. The van der Waals surface area contributed by atoms with Gasteiger partial charge in [0, 0.05) is 24.2 Å². The fourth-order valence-electron chi connectivity index (χ4n) is 5.40. The summed E-state index contributed by atoms with van der Waals surface area (Å²) in [5.41, 5.74) is 15.3. The Balaban J connectivity index is 1.42. The van der Waals surface area contributed by atoms with Crippen molar-refractivity contribution in [2.75, 3.05) is 17.2 Å². The lowest BCUT2D eigenvalue weighted by Crippen LogP contribution is -2.40. The number of aryl methyl sites for hydroxylation is 1. The molecule has 0 aliphatic carbocycles. The van der Waals surface area contributed by atoms with Crippen LogP contribution in [0.2, 0.25) is 0 Å². The number of benzene rings is 2. The van der Waals surface area contributed by atoms with Crippen LogP contribution in [0.5, 0.6) is 0 Å². The van der Waals surface area contributed by atoms with Crippen LogP contribution < -0.4 is 14.6 Å². The second-order valence-electron chi connectivity index (χ2n) is 9.67. The van der Waals surface area contributed by atoms with Gasteiger partial charge in [-0.25, -0.2) is 0 Å². The normalized spacial score (nSPS) is 13.5. The molecule has 7 rings (SSSR count). The van der Waals surface area contributed by atoms with E-state index in [0.29, 0.717) is 0 Å². The molecule has 184 valence electrons. The van der Waals surface area contributed by atoms with Gasteiger partial charge in [0.05, 0.1) is 30.5 Å². The smallest absolute Gasteiger partial charge is 0.239 e. The summed E-state index contributed by atoms with van der Waals surface area (Å²) in [6.45, 7) is 4.06. The summed E-state index contributed by atoms with van der Waals surface area (Å²) in [6, 6.07) is 25.8. The van der Waals surface area contributed by atoms with Crippen molar-refractivity contribution in [3.05, 3.63) is 95.8 Å². The fourth-order valence-corrected chi connectivity index (χ4v) is 6.53. The van der Waals surface area contributed by atoms with E-state index in [-0.39, 0.29) is 0 Å². The van der Waals surface area contributed by atoms with Crippen LogP contribution >= 0.6 is 11.7 Å². The average Bonchev–Trinajstić information content (AvgIpc) is 3.66. The molecule has 0 amide bonds. The first-order valence-corrected chi connectivity index (χ1v) is 13.5. The van der Waals surface area contributed by atoms with Crippen molar-refractivity contribution < 1.29 is 3.96 Å². The zero-order chi connectivity index (χ0) is 24.9. The molecule has 7 nitrogen and oxygen atoms in total. The molecule has 0 saturated heterocycles. The molecule has 0 fully saturated rings. The quantitative estimate of drug-likeness (QED) is 0.262. The number of hydrogen-bond acceptors (Lipinski definition) is 5. The lowest BCUT2D eigenvalue weighted by atomic mass is 10.0. The summed E-state index contributed by atoms with van der Waals surface area (Å²) in [6.07, 6.45) is 5.06. The average molecular weight is 507 g/mol. The number of anilines is 2. The van der Waals surface area contributed by atoms with Crippen LogP contribution in [-0.4, -0.2) is 25.3 Å². The molecule has 0 spiro atoms. The molecule has 3 aliphatic rings. The Kier molecular flexibility index (Phi) is 5.21. The summed E-state index contributed by atoms with van der Waals surface area (Å²) >= 11 is 1.70. The molecule has 2 N–H and O–H groups in total. The lowest BCUT2D eigenvalue weighted by molar-refractivity contribution is -0.505. The van der Waals surface area contributed by atoms with E-state index < -0.39 is 0 Å². The molecule has 0 bridgehead atoms. The predicted octanol–water partition coefficient (Wildman–Crippen LogP) is 5.06. The topological polar surface area (TPSA) is 68.3 Å². The molecule has 2 aromatic heterocycles. The minimum Gasteiger partial charge on any atom is -0.399 e. The van der Waals surface area contributed by atoms with Gasteiger partial charge in [-0.3, -0.25) is 4.90 Å². The van der Waals surface area contributed by atoms with Crippen LogP contribution in [0.1, 0.15) is 30.2 Å². The van der Waals surface area contributed by atoms with Gasteiger partial charge in [0.25, 0.3) is 0 Å². The van der Waals surface area contributed by atoms with E-state index in [1.807, 2.05) is 23.0 Å². The van der Waals surface area contributed by atoms with Crippen LogP contribution in [0.15, 0.2) is 79.0 Å². The van der Waals surface area contributed by atoms with Gasteiger partial charge < -0.3 is 5.73 Å². The highest BCUT2D eigenvalue weighted by atomic mass is 32.1. The molecule has 0 saturated carbocycles. The molecule has 0 radical (unpaired) electrons. The minimum absolute atomic E-state index is 0.764. The Morgan fingerprint density at radius 1 is 0.973 bits per heavy atom. The maximum Gasteiger partial charge on any atom is 0.239 e. The third kappa shape index (κ3) is 3.67. The summed E-state index contributed by atoms with van der Waals surface area (Å²) in [5.74, 6) is 2.19. The maximum atomic E-state index is 6.04. The van der Waals surface area contributed by atoms with E-state index in [0.717, 1.165) is 60.6 Å². The number of hydrogen-bond donors (Lipinski definition) is 1. The SMILES string of the molecule is CCCc1cn(-c2ccc3c(-c4ccc(N)cc4)c4ccc(N5CCc6ccccc6C5)[n+]-4sn23)nn1. The summed E-state index contributed by atoms with van der Waals surface area (Å²) in [5, 5.41) is 8.86. The van der Waals surface area contributed by atoms with Gasteiger partial charge in [-0.15, -0.1) is 9.06 Å². The van der Waals surface area contributed by atoms with E-state index >= 15 is 0 Å². The van der Waals surface area contributed by atoms with Gasteiger partial charge in [-0.1, -0.05) is 55.0 Å². The van der Waals surface area contributed by atoms with Gasteiger partial charge in [-0.2, -0.15) is 8.47 Å². The van der Waals surface area contributed by atoms with Crippen LogP contribution in [0.4, 0.5) is 11.5 Å². The minimum atomic E-state index is 0.764. The van der Waals surface area contributed by atoms with Gasteiger partial charge in [0.15, 0.2) is 11.7 Å². The summed E-state index contributed by atoms with van der Waals surface area (Å²) in [7, 11) is 0. The monoisotopic (exact) mass is 506 g/mol. The van der Waals surface area contributed by atoms with Gasteiger partial charge in [0.1, 0.15) is 11.2 Å². The van der Waals surface area contributed by atoms with Crippen molar-refractivity contribution >= 4 is 28.8 Å². The Morgan fingerprint density at radius 2 is 1.81 bits per heavy atom. The van der Waals surface area contributed by atoms with E-state index in [1.165, 1.54) is 28.2 Å². The van der Waals surface area contributed by atoms with Crippen molar-refractivity contribution in [2.24, 2.45) is 0 Å². The van der Waals surface area contributed by atoms with E-state index in [1.54, 1.807) is 11.7 Å². The molecule has 4 aromatic rings. The highest BCUT2D eigenvalue weighted by Crippen LogP contribution is 2.36. The molecule has 2 aromatic carbocycles. The molecule has 37 heavy (non-hydrogen) atoms. The fraction of sp³-hybridized carbons (Fsp3) is 0.207.